The van der Waals surface area contributed by atoms with Crippen molar-refractivity contribution in [3.05, 3.63) is 315 Å². The summed E-state index contributed by atoms with van der Waals surface area (Å²) in [5.74, 6) is 0. The Morgan fingerprint density at radius 2 is 0.312 bits per heavy atom. The highest BCUT2D eigenvalue weighted by Crippen LogP contribution is 2.47. The van der Waals surface area contributed by atoms with Crippen LogP contribution in [0.15, 0.2) is 338 Å². The molecule has 438 valence electrons. The van der Waals surface area contributed by atoms with E-state index in [9.17, 15) is 0 Å². The first-order valence-corrected chi connectivity index (χ1v) is 31.2. The van der Waals surface area contributed by atoms with E-state index in [2.05, 4.69) is 287 Å². The molecule has 0 atom stereocenters. The van der Waals surface area contributed by atoms with Crippen LogP contribution in [0.1, 0.15) is 0 Å². The van der Waals surface area contributed by atoms with Gasteiger partial charge in [0.15, 0.2) is 0 Å². The third-order valence-electron chi connectivity index (χ3n) is 18.2. The predicted molar refractivity (Wildman–Crippen MR) is 382 cm³/mol. The van der Waals surface area contributed by atoms with Crippen LogP contribution in [-0.2, 0) is 0 Å². The minimum Gasteiger partial charge on any atom is -0.456 e. The van der Waals surface area contributed by atoms with Gasteiger partial charge in [0.1, 0.15) is 55.8 Å². The van der Waals surface area contributed by atoms with Crippen LogP contribution in [0.25, 0.3) is 110 Å². The van der Waals surface area contributed by atoms with E-state index in [1.807, 2.05) is 48.5 Å². The monoisotopic (exact) mass is 1200 g/mol. The van der Waals surface area contributed by atoms with Crippen LogP contribution in [0.5, 0.6) is 0 Å². The molecule has 0 bridgehead atoms. The highest BCUT2D eigenvalue weighted by atomic mass is 16.3. The number of furan rings is 5. The Bertz CT molecular complexity index is 5620. The average molecular weight is 1200 g/mol. The van der Waals surface area contributed by atoms with Gasteiger partial charge in [-0.15, -0.1) is 0 Å². The second-order valence-electron chi connectivity index (χ2n) is 23.6. The van der Waals surface area contributed by atoms with Crippen molar-refractivity contribution >= 4 is 178 Å². The molecule has 0 unspecified atom stereocenters. The fourth-order valence-electron chi connectivity index (χ4n) is 13.9. The first-order valence-electron chi connectivity index (χ1n) is 31.2. The molecule has 14 aromatic carbocycles. The molecular formula is C84H52N4O5. The van der Waals surface area contributed by atoms with E-state index in [-0.39, 0.29) is 0 Å². The zero-order valence-electron chi connectivity index (χ0n) is 49.9. The molecule has 0 saturated heterocycles. The topological polar surface area (TPSA) is 78.7 Å². The molecule has 5 aromatic heterocycles. The van der Waals surface area contributed by atoms with Gasteiger partial charge >= 0.3 is 0 Å². The van der Waals surface area contributed by atoms with Crippen LogP contribution < -0.4 is 19.6 Å². The fraction of sp³-hybridized carbons (Fsp3) is 0. The number of hydrogen-bond acceptors (Lipinski definition) is 9. The Balaban J connectivity index is 0.695. The number of benzene rings is 14. The fourth-order valence-corrected chi connectivity index (χ4v) is 13.9. The van der Waals surface area contributed by atoms with Gasteiger partial charge in [0, 0.05) is 146 Å². The Morgan fingerprint density at radius 1 is 0.129 bits per heavy atom. The van der Waals surface area contributed by atoms with Gasteiger partial charge in [-0.3, -0.25) is 0 Å². The number of rotatable bonds is 12. The minimum atomic E-state index is 0.754. The van der Waals surface area contributed by atoms with Crippen molar-refractivity contribution in [3.8, 4) is 0 Å². The maximum absolute atomic E-state index is 6.91. The number of nitrogens with zero attached hydrogens (tertiary/aromatic N) is 4. The smallest absolute Gasteiger partial charge is 0.137 e. The lowest BCUT2D eigenvalue weighted by Crippen LogP contribution is -2.12. The van der Waals surface area contributed by atoms with Crippen LogP contribution >= 0.6 is 0 Å². The molecule has 0 fully saturated rings. The molecule has 0 aliphatic carbocycles. The van der Waals surface area contributed by atoms with Crippen LogP contribution in [0.4, 0.5) is 68.2 Å². The molecule has 0 aliphatic heterocycles. The summed E-state index contributed by atoms with van der Waals surface area (Å²) in [4.78, 5) is 9.08. The lowest BCUT2D eigenvalue weighted by molar-refractivity contribution is 0.662. The second-order valence-corrected chi connectivity index (χ2v) is 23.6. The average Bonchev–Trinajstić information content (AvgIpc) is 1.61. The van der Waals surface area contributed by atoms with Gasteiger partial charge < -0.3 is 41.7 Å². The quantitative estimate of drug-likeness (QED) is 0.119. The molecule has 0 radical (unpaired) electrons. The summed E-state index contributed by atoms with van der Waals surface area (Å²) >= 11 is 0. The van der Waals surface area contributed by atoms with E-state index in [1.165, 1.54) is 0 Å². The number of fused-ring (bicyclic) bond motifs is 15. The summed E-state index contributed by atoms with van der Waals surface area (Å²) in [6.45, 7) is 0. The van der Waals surface area contributed by atoms with E-state index in [0.29, 0.717) is 0 Å². The molecule has 19 rings (SSSR count). The molecule has 9 heteroatoms. The molecule has 0 amide bonds. The van der Waals surface area contributed by atoms with Crippen molar-refractivity contribution in [2.75, 3.05) is 19.6 Å². The highest BCUT2D eigenvalue weighted by molar-refractivity contribution is 6.19. The largest absolute Gasteiger partial charge is 0.456 e. The van der Waals surface area contributed by atoms with Crippen molar-refractivity contribution in [3.63, 3.8) is 0 Å². The SMILES string of the molecule is c1ccc(N(c2ccccc2)c2ccc(N(c3ccc4c(c3)oc3ccccc34)c3ccc4c(c3)oc3cc5c(cc34)oc3cc4c(cc35)oc3cc(N(c5ccc(N(c6ccccc6)c6ccccc6)cc5)c5ccc6c(c5)oc5ccccc56)ccc34)cc2)cc1. The Hall–Kier alpha value is -12.7. The Labute approximate surface area is 532 Å². The van der Waals surface area contributed by atoms with Gasteiger partial charge in [-0.2, -0.15) is 0 Å². The van der Waals surface area contributed by atoms with E-state index in [4.69, 9.17) is 22.1 Å². The van der Waals surface area contributed by atoms with Gasteiger partial charge in [0.2, 0.25) is 0 Å². The van der Waals surface area contributed by atoms with Crippen molar-refractivity contribution < 1.29 is 22.1 Å². The van der Waals surface area contributed by atoms with E-state index in [1.54, 1.807) is 0 Å². The molecule has 5 heterocycles. The highest BCUT2D eigenvalue weighted by Gasteiger charge is 2.24. The zero-order valence-corrected chi connectivity index (χ0v) is 49.9. The summed E-state index contributed by atoms with van der Waals surface area (Å²) in [5, 5.41) is 10.1. The molecule has 0 spiro atoms. The van der Waals surface area contributed by atoms with Gasteiger partial charge in [-0.25, -0.2) is 0 Å². The second kappa shape index (κ2) is 20.9. The predicted octanol–water partition coefficient (Wildman–Crippen LogP) is 25.1. The number of hydrogen-bond donors (Lipinski definition) is 0. The molecule has 93 heavy (non-hydrogen) atoms. The third-order valence-corrected chi connectivity index (χ3v) is 18.2. The maximum Gasteiger partial charge on any atom is 0.137 e. The third kappa shape index (κ3) is 8.70. The normalized spacial score (nSPS) is 11.9. The van der Waals surface area contributed by atoms with E-state index >= 15 is 0 Å². The Kier molecular flexibility index (Phi) is 11.8. The number of para-hydroxylation sites is 6. The van der Waals surface area contributed by atoms with Crippen LogP contribution in [0.2, 0.25) is 0 Å². The first-order chi connectivity index (χ1) is 46.0. The van der Waals surface area contributed by atoms with Gasteiger partial charge in [0.05, 0.1) is 0 Å². The first kappa shape index (κ1) is 52.2. The lowest BCUT2D eigenvalue weighted by atomic mass is 10.1. The van der Waals surface area contributed by atoms with Crippen LogP contribution in [0.3, 0.4) is 0 Å². The van der Waals surface area contributed by atoms with Crippen LogP contribution in [-0.4, -0.2) is 0 Å². The van der Waals surface area contributed by atoms with E-state index < -0.39 is 0 Å². The van der Waals surface area contributed by atoms with Crippen molar-refractivity contribution in [1.82, 2.24) is 0 Å². The minimum absolute atomic E-state index is 0.754. The van der Waals surface area contributed by atoms with Crippen molar-refractivity contribution in [2.45, 2.75) is 0 Å². The summed E-state index contributed by atoms with van der Waals surface area (Å²) in [6, 6.07) is 110. The Morgan fingerprint density at radius 3 is 0.602 bits per heavy atom. The molecule has 0 N–H and O–H groups in total. The van der Waals surface area contributed by atoms with Gasteiger partial charge in [-0.1, -0.05) is 109 Å². The van der Waals surface area contributed by atoms with E-state index in [0.717, 1.165) is 178 Å². The standard InChI is InChI=1S/C84H52N4O5/c1-5-17-53(18-6-1)85(54-19-7-2-8-20-54)57-29-33-59(34-30-57)87(61-37-41-67-65-25-13-15-27-75(65)89-77(67)45-61)63-39-43-69-71-49-83-73(51-81(71)91-79(69)47-63)74-52-82-72(50-84(74)93-83)70-44-40-64(48-80(70)92-82)88(62-38-42-68-66-26-14-16-28-76(66)90-78(68)46-62)60-35-31-58(32-36-60)86(55-21-9-3-10-22-55)56-23-11-4-12-24-56/h1-52H. The lowest BCUT2D eigenvalue weighted by Gasteiger charge is -2.28. The number of anilines is 12. The van der Waals surface area contributed by atoms with Crippen LogP contribution in [0, 0.1) is 0 Å². The molecule has 0 aliphatic rings. The summed E-state index contributed by atoms with van der Waals surface area (Å²) in [5.41, 5.74) is 20.0. The summed E-state index contributed by atoms with van der Waals surface area (Å²) in [7, 11) is 0. The van der Waals surface area contributed by atoms with Crippen molar-refractivity contribution in [2.24, 2.45) is 0 Å². The molecule has 9 nitrogen and oxygen atoms in total. The van der Waals surface area contributed by atoms with Crippen molar-refractivity contribution in [1.29, 1.82) is 0 Å². The van der Waals surface area contributed by atoms with Gasteiger partial charge in [-0.05, 0) is 182 Å². The zero-order chi connectivity index (χ0) is 61.1. The molecule has 0 saturated carbocycles. The van der Waals surface area contributed by atoms with Gasteiger partial charge in [0.25, 0.3) is 0 Å². The molecular weight excluding hydrogens is 1140 g/mol. The maximum atomic E-state index is 6.91. The summed E-state index contributed by atoms with van der Waals surface area (Å²) < 4.78 is 33.6. The molecule has 19 aromatic rings. The summed E-state index contributed by atoms with van der Waals surface area (Å²) in [6.07, 6.45) is 0.